The van der Waals surface area contributed by atoms with E-state index in [1.165, 1.54) is 6.92 Å². The van der Waals surface area contributed by atoms with E-state index in [1.54, 1.807) is 5.32 Å². The van der Waals surface area contributed by atoms with Gasteiger partial charge in [0.25, 0.3) is 0 Å². The van der Waals surface area contributed by atoms with Gasteiger partial charge >= 0.3 is 0 Å². The Labute approximate surface area is 77.1 Å². The lowest BCUT2D eigenvalue weighted by molar-refractivity contribution is -0.707. The second kappa shape index (κ2) is 3.63. The van der Waals surface area contributed by atoms with E-state index in [4.69, 9.17) is 0 Å². The van der Waals surface area contributed by atoms with Crippen molar-refractivity contribution >= 4 is 15.8 Å². The SMILES string of the molecule is C[C@@H]([NH2+][C@@H]1CCS(=O)(=O)C1)C(=O)[O-]. The molecule has 0 radical (unpaired) electrons. The summed E-state index contributed by atoms with van der Waals surface area (Å²) in [4.78, 5) is 10.4. The molecule has 0 spiro atoms. The molecule has 1 heterocycles. The van der Waals surface area contributed by atoms with E-state index < -0.39 is 21.8 Å². The quantitative estimate of drug-likeness (QED) is 0.530. The van der Waals surface area contributed by atoms with E-state index >= 15 is 0 Å². The third kappa shape index (κ3) is 2.96. The summed E-state index contributed by atoms with van der Waals surface area (Å²) in [5.41, 5.74) is 0. The molecular formula is C7H13NO4S. The van der Waals surface area contributed by atoms with Gasteiger partial charge in [-0.25, -0.2) is 8.42 Å². The predicted octanol–water partition coefficient (Wildman–Crippen LogP) is -3.12. The minimum absolute atomic E-state index is 0.0879. The molecule has 0 unspecified atom stereocenters. The smallest absolute Gasteiger partial charge is 0.156 e. The molecule has 1 rings (SSSR count). The normalized spacial score (nSPS) is 28.5. The lowest BCUT2D eigenvalue weighted by Gasteiger charge is -2.15. The summed E-state index contributed by atoms with van der Waals surface area (Å²) in [5, 5.41) is 11.9. The van der Waals surface area contributed by atoms with Gasteiger partial charge in [-0.15, -0.1) is 0 Å². The van der Waals surface area contributed by atoms with Gasteiger partial charge in [0.05, 0.1) is 11.7 Å². The number of hydrogen-bond acceptors (Lipinski definition) is 4. The van der Waals surface area contributed by atoms with E-state index in [1.807, 2.05) is 0 Å². The van der Waals surface area contributed by atoms with Gasteiger partial charge < -0.3 is 15.2 Å². The molecule has 2 atom stereocenters. The Morgan fingerprint density at radius 2 is 2.23 bits per heavy atom. The van der Waals surface area contributed by atoms with Crippen LogP contribution < -0.4 is 10.4 Å². The zero-order valence-corrected chi connectivity index (χ0v) is 8.21. The molecule has 0 amide bonds. The molecule has 1 fully saturated rings. The third-order valence-electron chi connectivity index (χ3n) is 2.20. The molecule has 13 heavy (non-hydrogen) atoms. The number of nitrogens with two attached hydrogens (primary N) is 1. The Morgan fingerprint density at radius 1 is 1.62 bits per heavy atom. The maximum absolute atomic E-state index is 11.0. The largest absolute Gasteiger partial charge is 0.544 e. The van der Waals surface area contributed by atoms with Crippen molar-refractivity contribution in [1.29, 1.82) is 0 Å². The molecule has 0 aromatic rings. The number of hydrogen-bond donors (Lipinski definition) is 1. The second-order valence-corrected chi connectivity index (χ2v) is 5.69. The predicted molar refractivity (Wildman–Crippen MR) is 43.5 cm³/mol. The number of carbonyl (C=O) groups excluding carboxylic acids is 1. The van der Waals surface area contributed by atoms with Gasteiger partial charge in [-0.05, 0) is 6.92 Å². The van der Waals surface area contributed by atoms with Gasteiger partial charge in [0.15, 0.2) is 9.84 Å². The Bertz CT molecular complexity index is 298. The first-order valence-corrected chi connectivity index (χ1v) is 5.99. The van der Waals surface area contributed by atoms with Crippen LogP contribution in [-0.2, 0) is 14.6 Å². The molecule has 0 bridgehead atoms. The van der Waals surface area contributed by atoms with Gasteiger partial charge in [-0.1, -0.05) is 0 Å². The lowest BCUT2D eigenvalue weighted by atomic mass is 10.2. The monoisotopic (exact) mass is 207 g/mol. The van der Waals surface area contributed by atoms with E-state index in [2.05, 4.69) is 0 Å². The van der Waals surface area contributed by atoms with Crippen molar-refractivity contribution in [2.45, 2.75) is 25.4 Å². The number of aliphatic carboxylic acids is 1. The summed E-state index contributed by atoms with van der Waals surface area (Å²) >= 11 is 0. The number of sulfone groups is 1. The summed E-state index contributed by atoms with van der Waals surface area (Å²) in [6.07, 6.45) is 0.542. The van der Waals surface area contributed by atoms with Gasteiger partial charge in [0.1, 0.15) is 17.8 Å². The van der Waals surface area contributed by atoms with Crippen molar-refractivity contribution in [3.8, 4) is 0 Å². The van der Waals surface area contributed by atoms with Crippen LogP contribution in [0.1, 0.15) is 13.3 Å². The molecule has 0 aliphatic carbocycles. The van der Waals surface area contributed by atoms with Crippen LogP contribution in [0.5, 0.6) is 0 Å². The van der Waals surface area contributed by atoms with Crippen molar-refractivity contribution < 1.29 is 23.6 Å². The topological polar surface area (TPSA) is 90.9 Å². The molecule has 0 aromatic heterocycles. The van der Waals surface area contributed by atoms with Crippen molar-refractivity contribution in [2.24, 2.45) is 0 Å². The van der Waals surface area contributed by atoms with E-state index in [9.17, 15) is 18.3 Å². The van der Waals surface area contributed by atoms with Gasteiger partial charge in [0.2, 0.25) is 0 Å². The van der Waals surface area contributed by atoms with Crippen LogP contribution in [0.2, 0.25) is 0 Å². The number of carboxylic acid groups (broad SMARTS) is 1. The Balaban J connectivity index is 2.45. The lowest BCUT2D eigenvalue weighted by Crippen LogP contribution is -2.97. The van der Waals surface area contributed by atoms with Crippen molar-refractivity contribution in [1.82, 2.24) is 0 Å². The molecule has 1 aliphatic heterocycles. The van der Waals surface area contributed by atoms with Crippen LogP contribution in [0.3, 0.4) is 0 Å². The summed E-state index contributed by atoms with van der Waals surface area (Å²) in [7, 11) is -2.91. The summed E-state index contributed by atoms with van der Waals surface area (Å²) in [6.45, 7) is 1.50. The summed E-state index contributed by atoms with van der Waals surface area (Å²) in [5.74, 6) is -0.886. The van der Waals surface area contributed by atoms with Gasteiger partial charge in [-0.3, -0.25) is 0 Å². The van der Waals surface area contributed by atoms with Crippen LogP contribution >= 0.6 is 0 Å². The first-order chi connectivity index (χ1) is 5.91. The van der Waals surface area contributed by atoms with Crippen LogP contribution in [0, 0.1) is 0 Å². The molecule has 2 N–H and O–H groups in total. The number of carboxylic acids is 1. The van der Waals surface area contributed by atoms with Crippen molar-refractivity contribution in [3.05, 3.63) is 0 Å². The molecule has 1 aliphatic rings. The van der Waals surface area contributed by atoms with E-state index in [0.29, 0.717) is 6.42 Å². The highest BCUT2D eigenvalue weighted by Crippen LogP contribution is 2.07. The molecule has 5 nitrogen and oxygen atoms in total. The molecular weight excluding hydrogens is 194 g/mol. The summed E-state index contributed by atoms with van der Waals surface area (Å²) in [6, 6.07) is -0.781. The average Bonchev–Trinajstić information content (AvgIpc) is 2.30. The van der Waals surface area contributed by atoms with E-state index in [-0.39, 0.29) is 17.5 Å². The van der Waals surface area contributed by atoms with Crippen molar-refractivity contribution in [2.75, 3.05) is 11.5 Å². The Hall–Kier alpha value is -0.620. The third-order valence-corrected chi connectivity index (χ3v) is 3.99. The number of quaternary nitrogens is 1. The Morgan fingerprint density at radius 3 is 2.62 bits per heavy atom. The standard InChI is InChI=1S/C7H13NO4S/c1-5(7(9)10)8-6-2-3-13(11,12)4-6/h5-6,8H,2-4H2,1H3,(H,9,10)/t5-,6-/m1/s1. The fraction of sp³-hybridized carbons (Fsp3) is 0.857. The zero-order valence-electron chi connectivity index (χ0n) is 7.39. The second-order valence-electron chi connectivity index (χ2n) is 3.46. The molecule has 6 heteroatoms. The molecule has 1 saturated heterocycles. The average molecular weight is 207 g/mol. The number of rotatable bonds is 3. The Kier molecular flexibility index (Phi) is 2.92. The molecule has 0 aromatic carbocycles. The maximum atomic E-state index is 11.0. The van der Waals surface area contributed by atoms with E-state index in [0.717, 1.165) is 0 Å². The van der Waals surface area contributed by atoms with Crippen LogP contribution in [0.4, 0.5) is 0 Å². The zero-order chi connectivity index (χ0) is 10.1. The first kappa shape index (κ1) is 10.5. The maximum Gasteiger partial charge on any atom is 0.156 e. The van der Waals surface area contributed by atoms with Crippen LogP contribution in [0.25, 0.3) is 0 Å². The highest BCUT2D eigenvalue weighted by atomic mass is 32.2. The molecule has 0 saturated carbocycles. The van der Waals surface area contributed by atoms with Gasteiger partial charge in [0, 0.05) is 6.42 Å². The summed E-state index contributed by atoms with van der Waals surface area (Å²) < 4.78 is 22.0. The molecule has 76 valence electrons. The van der Waals surface area contributed by atoms with Crippen LogP contribution in [-0.4, -0.2) is 38.0 Å². The number of carbonyl (C=O) groups is 1. The minimum Gasteiger partial charge on any atom is -0.544 e. The minimum atomic E-state index is -2.91. The fourth-order valence-electron chi connectivity index (χ4n) is 1.46. The van der Waals surface area contributed by atoms with Gasteiger partial charge in [-0.2, -0.15) is 0 Å². The highest BCUT2D eigenvalue weighted by molar-refractivity contribution is 7.91. The fourth-order valence-corrected chi connectivity index (χ4v) is 3.22. The van der Waals surface area contributed by atoms with Crippen molar-refractivity contribution in [3.63, 3.8) is 0 Å². The highest BCUT2D eigenvalue weighted by Gasteiger charge is 2.31. The van der Waals surface area contributed by atoms with Crippen LogP contribution in [0.15, 0.2) is 0 Å². The first-order valence-electron chi connectivity index (χ1n) is 4.17.